The Labute approximate surface area is 188 Å². The molecule has 8 heteroatoms. The second kappa shape index (κ2) is 9.10. The molecule has 3 heterocycles. The third-order valence-corrected chi connectivity index (χ3v) is 8.07. The van der Waals surface area contributed by atoms with E-state index in [1.165, 1.54) is 10.4 Å². The molecule has 7 nitrogen and oxygen atoms in total. The van der Waals surface area contributed by atoms with E-state index in [9.17, 15) is 9.59 Å². The van der Waals surface area contributed by atoms with Gasteiger partial charge in [-0.15, -0.1) is 11.3 Å². The molecule has 1 aliphatic carbocycles. The van der Waals surface area contributed by atoms with E-state index in [1.54, 1.807) is 17.7 Å². The van der Waals surface area contributed by atoms with Crippen molar-refractivity contribution in [3.8, 4) is 0 Å². The fourth-order valence-electron chi connectivity index (χ4n) is 4.99. The van der Waals surface area contributed by atoms with Crippen LogP contribution in [0.2, 0.25) is 0 Å². The summed E-state index contributed by atoms with van der Waals surface area (Å²) in [6.45, 7) is 8.33. The van der Waals surface area contributed by atoms with E-state index in [0.717, 1.165) is 74.1 Å². The van der Waals surface area contributed by atoms with E-state index in [1.807, 2.05) is 6.92 Å². The average molecular weight is 444 g/mol. The third kappa shape index (κ3) is 4.27. The molecule has 0 atom stereocenters. The summed E-state index contributed by atoms with van der Waals surface area (Å²) in [6.07, 6.45) is 7.75. The minimum atomic E-state index is -0.730. The van der Waals surface area contributed by atoms with E-state index in [2.05, 4.69) is 39.3 Å². The van der Waals surface area contributed by atoms with E-state index < -0.39 is 5.54 Å². The van der Waals surface area contributed by atoms with Gasteiger partial charge in [-0.1, -0.05) is 19.3 Å². The molecule has 4 rings (SSSR count). The molecule has 0 aromatic carbocycles. The van der Waals surface area contributed by atoms with Crippen molar-refractivity contribution in [1.82, 2.24) is 20.6 Å². The molecule has 2 N–H and O–H groups in total. The fourth-order valence-corrected chi connectivity index (χ4v) is 5.98. The first-order valence-corrected chi connectivity index (χ1v) is 12.3. The maximum Gasteiger partial charge on any atom is 0.245 e. The normalized spacial score (nSPS) is 19.4. The second-order valence-electron chi connectivity index (χ2n) is 8.91. The predicted octanol–water partition coefficient (Wildman–Crippen LogP) is 3.48. The van der Waals surface area contributed by atoms with Gasteiger partial charge in [0.2, 0.25) is 11.8 Å². The summed E-state index contributed by atoms with van der Waals surface area (Å²) in [7, 11) is 0. The number of likely N-dealkylation sites (N-methyl/N-ethyl adjacent to an activating group) is 1. The predicted molar refractivity (Wildman–Crippen MR) is 124 cm³/mol. The molecule has 31 heavy (non-hydrogen) atoms. The number of hydrogen-bond acceptors (Lipinski definition) is 6. The monoisotopic (exact) mass is 443 g/mol. The first kappa shape index (κ1) is 22.0. The molecule has 2 aromatic rings. The number of fused-ring (bicyclic) bond motifs is 1. The summed E-state index contributed by atoms with van der Waals surface area (Å²) in [5, 5.41) is 7.28. The van der Waals surface area contributed by atoms with Crippen molar-refractivity contribution in [3.63, 3.8) is 0 Å². The number of hydrogen-bond donors (Lipinski definition) is 2. The van der Waals surface area contributed by atoms with Crippen LogP contribution < -0.4 is 15.5 Å². The topological polar surface area (TPSA) is 87.2 Å². The molecule has 0 unspecified atom stereocenters. The van der Waals surface area contributed by atoms with E-state index in [4.69, 9.17) is 0 Å². The Bertz CT molecular complexity index is 958. The van der Waals surface area contributed by atoms with Gasteiger partial charge in [-0.3, -0.25) is 9.59 Å². The van der Waals surface area contributed by atoms with Crippen LogP contribution in [0.25, 0.3) is 10.2 Å². The highest BCUT2D eigenvalue weighted by Crippen LogP contribution is 2.36. The Kier molecular flexibility index (Phi) is 6.46. The molecule has 2 aliphatic rings. The van der Waals surface area contributed by atoms with Gasteiger partial charge in [-0.05, 0) is 52.0 Å². The molecule has 1 saturated carbocycles. The highest BCUT2D eigenvalue weighted by atomic mass is 32.1. The molecule has 2 fully saturated rings. The molecule has 0 bridgehead atoms. The smallest absolute Gasteiger partial charge is 0.245 e. The summed E-state index contributed by atoms with van der Waals surface area (Å²) in [6, 6.07) is 0. The van der Waals surface area contributed by atoms with Gasteiger partial charge in [0.05, 0.1) is 5.39 Å². The molecular weight excluding hydrogens is 410 g/mol. The van der Waals surface area contributed by atoms with Crippen LogP contribution in [-0.4, -0.2) is 47.0 Å². The number of thiophene rings is 1. The van der Waals surface area contributed by atoms with Crippen molar-refractivity contribution in [2.45, 2.75) is 71.3 Å². The number of carbonyl (C=O) groups excluding carboxylic acids is 2. The molecule has 1 saturated heterocycles. The largest absolute Gasteiger partial charge is 0.356 e. The molecule has 1 aliphatic heterocycles. The lowest BCUT2D eigenvalue weighted by atomic mass is 9.80. The van der Waals surface area contributed by atoms with Crippen LogP contribution in [0.5, 0.6) is 0 Å². The Morgan fingerprint density at radius 2 is 1.87 bits per heavy atom. The van der Waals surface area contributed by atoms with Crippen molar-refractivity contribution >= 4 is 39.2 Å². The SMILES string of the molecule is CCNC(=O)C1(NC(=O)C2CCN(c3ncnc4sc(C)c(C)c34)CC2)CCCCC1. The van der Waals surface area contributed by atoms with Gasteiger partial charge in [0.15, 0.2) is 0 Å². The van der Waals surface area contributed by atoms with Crippen molar-refractivity contribution in [2.24, 2.45) is 5.92 Å². The van der Waals surface area contributed by atoms with Crippen molar-refractivity contribution in [1.29, 1.82) is 0 Å². The van der Waals surface area contributed by atoms with Crippen molar-refractivity contribution < 1.29 is 9.59 Å². The average Bonchev–Trinajstić information content (AvgIpc) is 3.08. The molecule has 2 aromatic heterocycles. The summed E-state index contributed by atoms with van der Waals surface area (Å²) >= 11 is 1.71. The minimum absolute atomic E-state index is 0.0211. The van der Waals surface area contributed by atoms with Gasteiger partial charge in [0.25, 0.3) is 0 Å². The lowest BCUT2D eigenvalue weighted by Crippen LogP contribution is -2.61. The van der Waals surface area contributed by atoms with Gasteiger partial charge in [0.1, 0.15) is 22.5 Å². The van der Waals surface area contributed by atoms with Crippen LogP contribution in [0.3, 0.4) is 0 Å². The summed E-state index contributed by atoms with van der Waals surface area (Å²) < 4.78 is 0. The number of aryl methyl sites for hydroxylation is 2. The highest BCUT2D eigenvalue weighted by molar-refractivity contribution is 7.18. The number of anilines is 1. The minimum Gasteiger partial charge on any atom is -0.356 e. The number of nitrogens with zero attached hydrogens (tertiary/aromatic N) is 3. The second-order valence-corrected chi connectivity index (χ2v) is 10.1. The van der Waals surface area contributed by atoms with E-state index in [-0.39, 0.29) is 17.7 Å². The van der Waals surface area contributed by atoms with Crippen molar-refractivity contribution in [3.05, 3.63) is 16.8 Å². The lowest BCUT2D eigenvalue weighted by molar-refractivity contribution is -0.137. The van der Waals surface area contributed by atoms with E-state index in [0.29, 0.717) is 6.54 Å². The summed E-state index contributed by atoms with van der Waals surface area (Å²) in [4.78, 5) is 39.6. The Hall–Kier alpha value is -2.22. The quantitative estimate of drug-likeness (QED) is 0.739. The third-order valence-electron chi connectivity index (χ3n) is 6.95. The standard InChI is InChI=1S/C23H33N5O2S/c1-4-24-22(30)23(10-6-5-7-11-23)27-20(29)17-8-12-28(13-9-17)19-18-15(2)16(3)31-21(18)26-14-25-19/h14,17H,4-13H2,1-3H3,(H,24,30)(H,27,29). The van der Waals surface area contributed by atoms with Crippen LogP contribution in [0.4, 0.5) is 5.82 Å². The number of amides is 2. The molecular formula is C23H33N5O2S. The Morgan fingerprint density at radius 1 is 1.16 bits per heavy atom. The van der Waals surface area contributed by atoms with Gasteiger partial charge in [-0.25, -0.2) is 9.97 Å². The zero-order valence-electron chi connectivity index (χ0n) is 18.8. The summed E-state index contributed by atoms with van der Waals surface area (Å²) in [5.41, 5.74) is 0.517. The van der Waals surface area contributed by atoms with E-state index >= 15 is 0 Å². The van der Waals surface area contributed by atoms with Gasteiger partial charge in [-0.2, -0.15) is 0 Å². The zero-order chi connectivity index (χ0) is 22.0. The Morgan fingerprint density at radius 3 is 2.55 bits per heavy atom. The van der Waals surface area contributed by atoms with Gasteiger partial charge in [0, 0.05) is 30.4 Å². The molecule has 0 spiro atoms. The lowest BCUT2D eigenvalue weighted by Gasteiger charge is -2.39. The number of rotatable bonds is 5. The maximum atomic E-state index is 13.2. The molecule has 0 radical (unpaired) electrons. The number of aromatic nitrogens is 2. The number of carbonyl (C=O) groups is 2. The summed E-state index contributed by atoms with van der Waals surface area (Å²) in [5.74, 6) is 0.930. The van der Waals surface area contributed by atoms with Crippen LogP contribution in [-0.2, 0) is 9.59 Å². The fraction of sp³-hybridized carbons (Fsp3) is 0.652. The first-order chi connectivity index (χ1) is 14.9. The van der Waals surface area contributed by atoms with Crippen LogP contribution in [0, 0.1) is 19.8 Å². The van der Waals surface area contributed by atoms with Crippen molar-refractivity contribution in [2.75, 3.05) is 24.5 Å². The maximum absolute atomic E-state index is 13.2. The number of nitrogens with one attached hydrogen (secondary N) is 2. The Balaban J connectivity index is 1.44. The highest BCUT2D eigenvalue weighted by Gasteiger charge is 2.42. The van der Waals surface area contributed by atoms with Gasteiger partial charge < -0.3 is 15.5 Å². The van der Waals surface area contributed by atoms with Gasteiger partial charge >= 0.3 is 0 Å². The first-order valence-electron chi connectivity index (χ1n) is 11.5. The van der Waals surface area contributed by atoms with Crippen LogP contribution in [0.1, 0.15) is 62.3 Å². The van der Waals surface area contributed by atoms with Crippen LogP contribution in [0.15, 0.2) is 6.33 Å². The zero-order valence-corrected chi connectivity index (χ0v) is 19.6. The molecule has 2 amide bonds. The number of piperidine rings is 1. The van der Waals surface area contributed by atoms with Crippen LogP contribution >= 0.6 is 11.3 Å². The molecule has 168 valence electrons.